The summed E-state index contributed by atoms with van der Waals surface area (Å²) >= 11 is 0. The highest BCUT2D eigenvalue weighted by molar-refractivity contribution is 6.00. The van der Waals surface area contributed by atoms with Crippen LogP contribution in [0.15, 0.2) is 36.4 Å². The van der Waals surface area contributed by atoms with E-state index in [9.17, 15) is 14.7 Å². The van der Waals surface area contributed by atoms with Gasteiger partial charge < -0.3 is 34.3 Å². The largest absolute Gasteiger partial charge is 0.488 e. The molecule has 5 rings (SSSR count). The van der Waals surface area contributed by atoms with E-state index in [1.807, 2.05) is 32.2 Å². The van der Waals surface area contributed by atoms with Crippen molar-refractivity contribution in [2.75, 3.05) is 71.7 Å². The molecule has 2 aromatic carbocycles. The minimum atomic E-state index is -0.371. The number of anilines is 1. The molecule has 11 heteroatoms. The van der Waals surface area contributed by atoms with E-state index in [2.05, 4.69) is 22.0 Å². The molecule has 3 atom stereocenters. The van der Waals surface area contributed by atoms with Gasteiger partial charge >= 0.3 is 0 Å². The van der Waals surface area contributed by atoms with Crippen LogP contribution < -0.4 is 19.5 Å². The van der Waals surface area contributed by atoms with Crippen LogP contribution in [0.1, 0.15) is 36.2 Å². The minimum absolute atomic E-state index is 0.00475. The van der Waals surface area contributed by atoms with Gasteiger partial charge in [0.25, 0.3) is 5.91 Å². The summed E-state index contributed by atoms with van der Waals surface area (Å²) in [6, 6.07) is 10.8. The molecule has 11 nitrogen and oxygen atoms in total. The number of fused-ring (bicyclic) bond motifs is 2. The summed E-state index contributed by atoms with van der Waals surface area (Å²) in [4.78, 5) is 32.6. The number of nitrogens with zero attached hydrogens (tertiary/aromatic N) is 3. The molecule has 1 saturated heterocycles. The lowest BCUT2D eigenvalue weighted by Gasteiger charge is -2.38. The number of hydrogen-bond donors (Lipinski definition) is 2. The predicted octanol–water partition coefficient (Wildman–Crippen LogP) is 2.43. The average molecular weight is 583 g/mol. The van der Waals surface area contributed by atoms with Gasteiger partial charge in [-0.2, -0.15) is 0 Å². The molecule has 0 aromatic heterocycles. The van der Waals surface area contributed by atoms with Crippen molar-refractivity contribution in [1.29, 1.82) is 0 Å². The first kappa shape index (κ1) is 30.1. The fourth-order valence-electron chi connectivity index (χ4n) is 5.55. The van der Waals surface area contributed by atoms with Crippen LogP contribution in [-0.4, -0.2) is 110 Å². The lowest BCUT2D eigenvalue weighted by atomic mass is 9.99. The molecule has 3 aliphatic rings. The number of likely N-dealkylation sites (N-methyl/N-ethyl adjacent to an activating group) is 1. The monoisotopic (exact) mass is 582 g/mol. The molecular weight excluding hydrogens is 540 g/mol. The summed E-state index contributed by atoms with van der Waals surface area (Å²) < 4.78 is 22.9. The normalized spacial score (nSPS) is 21.4. The molecule has 3 aliphatic heterocycles. The Bertz CT molecular complexity index is 1250. The van der Waals surface area contributed by atoms with Crippen molar-refractivity contribution in [3.8, 4) is 17.2 Å². The number of carbonyl (C=O) groups is 2. The van der Waals surface area contributed by atoms with Crippen LogP contribution in [-0.2, 0) is 16.1 Å². The van der Waals surface area contributed by atoms with Gasteiger partial charge in [0.2, 0.25) is 12.7 Å². The van der Waals surface area contributed by atoms with Gasteiger partial charge in [-0.1, -0.05) is 13.0 Å². The third-order valence-electron chi connectivity index (χ3n) is 8.09. The van der Waals surface area contributed by atoms with Crippen LogP contribution in [0.5, 0.6) is 17.2 Å². The number of rotatable bonds is 10. The van der Waals surface area contributed by atoms with Gasteiger partial charge in [0.05, 0.1) is 31.4 Å². The molecule has 0 saturated carbocycles. The number of ether oxygens (including phenoxy) is 4. The fraction of sp³-hybridized carbons (Fsp3) is 0.548. The zero-order valence-electron chi connectivity index (χ0n) is 24.7. The van der Waals surface area contributed by atoms with E-state index in [1.165, 1.54) is 0 Å². The zero-order chi connectivity index (χ0) is 29.6. The molecule has 228 valence electrons. The second-order valence-electron chi connectivity index (χ2n) is 11.5. The number of benzene rings is 2. The summed E-state index contributed by atoms with van der Waals surface area (Å²) in [6.07, 6.45) is 0.128. The topological polar surface area (TPSA) is 113 Å². The highest BCUT2D eigenvalue weighted by atomic mass is 16.7. The quantitative estimate of drug-likeness (QED) is 0.436. The van der Waals surface area contributed by atoms with Crippen molar-refractivity contribution < 1.29 is 33.6 Å². The van der Waals surface area contributed by atoms with E-state index in [1.54, 1.807) is 23.1 Å². The molecule has 2 aromatic rings. The van der Waals surface area contributed by atoms with E-state index in [4.69, 9.17) is 18.9 Å². The standard InChI is InChI=1S/C31H42N4O7/c1-21-16-35(22(2)19-36)31(38)25-15-24(32-30(37)8-9-34-10-12-39-13-11-34)5-7-26(25)42-29(21)18-33(3)17-23-4-6-27-28(14-23)41-20-40-27/h4-7,14-15,21-22,29,36H,8-13,16-20H2,1-3H3,(H,32,37)/t21-,22+,29+/m1/s1. The Labute approximate surface area is 247 Å². The maximum atomic E-state index is 13.7. The molecule has 3 heterocycles. The zero-order valence-corrected chi connectivity index (χ0v) is 24.7. The lowest BCUT2D eigenvalue weighted by molar-refractivity contribution is -0.116. The highest BCUT2D eigenvalue weighted by Gasteiger charge is 2.33. The van der Waals surface area contributed by atoms with E-state index in [0.717, 1.165) is 30.2 Å². The lowest BCUT2D eigenvalue weighted by Crippen LogP contribution is -2.49. The second-order valence-corrected chi connectivity index (χ2v) is 11.5. The number of hydrogen-bond acceptors (Lipinski definition) is 9. The van der Waals surface area contributed by atoms with Crippen LogP contribution >= 0.6 is 0 Å². The van der Waals surface area contributed by atoms with Gasteiger partial charge in [0.15, 0.2) is 11.5 Å². The van der Waals surface area contributed by atoms with Gasteiger partial charge in [-0.05, 0) is 49.9 Å². The van der Waals surface area contributed by atoms with Crippen LogP contribution in [0.4, 0.5) is 5.69 Å². The number of aliphatic hydroxyl groups excluding tert-OH is 1. The second kappa shape index (κ2) is 13.7. The molecular formula is C31H42N4O7. The molecule has 1 fully saturated rings. The summed E-state index contributed by atoms with van der Waals surface area (Å²) in [5, 5.41) is 12.9. The summed E-state index contributed by atoms with van der Waals surface area (Å²) in [7, 11) is 2.04. The number of morpholine rings is 1. The molecule has 0 aliphatic carbocycles. The SMILES string of the molecule is C[C@@H]1CN([C@@H](C)CO)C(=O)c2cc(NC(=O)CCN3CCOCC3)ccc2O[C@H]1CN(C)Cc1ccc2c(c1)OCO2. The first-order chi connectivity index (χ1) is 20.3. The fourth-order valence-corrected chi connectivity index (χ4v) is 5.55. The molecule has 2 N–H and O–H groups in total. The van der Waals surface area contributed by atoms with Gasteiger partial charge in [-0.15, -0.1) is 0 Å². The smallest absolute Gasteiger partial charge is 0.258 e. The highest BCUT2D eigenvalue weighted by Crippen LogP contribution is 2.33. The Morgan fingerprint density at radius 3 is 2.67 bits per heavy atom. The van der Waals surface area contributed by atoms with Crippen molar-refractivity contribution in [2.24, 2.45) is 5.92 Å². The van der Waals surface area contributed by atoms with Gasteiger partial charge in [-0.3, -0.25) is 19.4 Å². The summed E-state index contributed by atoms with van der Waals surface area (Å²) in [6.45, 7) is 9.39. The van der Waals surface area contributed by atoms with Gasteiger partial charge in [0, 0.05) is 57.3 Å². The van der Waals surface area contributed by atoms with Crippen LogP contribution in [0.25, 0.3) is 0 Å². The molecule has 0 spiro atoms. The van der Waals surface area contributed by atoms with Crippen molar-refractivity contribution in [2.45, 2.75) is 39.0 Å². The van der Waals surface area contributed by atoms with Crippen LogP contribution in [0.3, 0.4) is 0 Å². The van der Waals surface area contributed by atoms with Gasteiger partial charge in [-0.25, -0.2) is 0 Å². The average Bonchev–Trinajstić information content (AvgIpc) is 3.46. The summed E-state index contributed by atoms with van der Waals surface area (Å²) in [5.74, 6) is 1.63. The minimum Gasteiger partial charge on any atom is -0.488 e. The number of amides is 2. The van der Waals surface area contributed by atoms with E-state index < -0.39 is 0 Å². The first-order valence-corrected chi connectivity index (χ1v) is 14.7. The van der Waals surface area contributed by atoms with Crippen molar-refractivity contribution in [3.63, 3.8) is 0 Å². The molecule has 0 bridgehead atoms. The maximum Gasteiger partial charge on any atom is 0.258 e. The Kier molecular flexibility index (Phi) is 9.84. The number of nitrogens with one attached hydrogen (secondary N) is 1. The Morgan fingerprint density at radius 1 is 1.12 bits per heavy atom. The molecule has 42 heavy (non-hydrogen) atoms. The van der Waals surface area contributed by atoms with Gasteiger partial charge in [0.1, 0.15) is 11.9 Å². The van der Waals surface area contributed by atoms with Crippen molar-refractivity contribution in [1.82, 2.24) is 14.7 Å². The van der Waals surface area contributed by atoms with Crippen LogP contribution in [0.2, 0.25) is 0 Å². The van der Waals surface area contributed by atoms with E-state index >= 15 is 0 Å². The third kappa shape index (κ3) is 7.33. The first-order valence-electron chi connectivity index (χ1n) is 14.7. The summed E-state index contributed by atoms with van der Waals surface area (Å²) in [5.41, 5.74) is 2.01. The van der Waals surface area contributed by atoms with E-state index in [-0.39, 0.29) is 43.3 Å². The van der Waals surface area contributed by atoms with E-state index in [0.29, 0.717) is 62.8 Å². The third-order valence-corrected chi connectivity index (χ3v) is 8.09. The Morgan fingerprint density at radius 2 is 1.88 bits per heavy atom. The Hall–Kier alpha value is -3.38. The Balaban J connectivity index is 1.30. The number of carbonyl (C=O) groups excluding carboxylic acids is 2. The predicted molar refractivity (Wildman–Crippen MR) is 157 cm³/mol. The van der Waals surface area contributed by atoms with Crippen molar-refractivity contribution >= 4 is 17.5 Å². The molecule has 2 amide bonds. The molecule has 0 radical (unpaired) electrons. The number of aliphatic hydroxyl groups is 1. The maximum absolute atomic E-state index is 13.7. The van der Waals surface area contributed by atoms with Crippen LogP contribution in [0, 0.1) is 5.92 Å². The molecule has 0 unspecified atom stereocenters. The van der Waals surface area contributed by atoms with Crippen molar-refractivity contribution in [3.05, 3.63) is 47.5 Å².